The van der Waals surface area contributed by atoms with Crippen LogP contribution in [-0.2, 0) is 0 Å². The molecule has 0 aliphatic heterocycles. The zero-order chi connectivity index (χ0) is 13.0. The fraction of sp³-hybridized carbons (Fsp3) is 0.0714. The average molecular weight is 417 g/mol. The zero-order valence-corrected chi connectivity index (χ0v) is 13.1. The quantitative estimate of drug-likeness (QED) is 0.548. The van der Waals surface area contributed by atoms with Crippen LogP contribution in [0.2, 0.25) is 0 Å². The van der Waals surface area contributed by atoms with E-state index in [-0.39, 0.29) is 12.4 Å². The van der Waals surface area contributed by atoms with Gasteiger partial charge in [-0.1, -0.05) is 36.4 Å². The third-order valence-corrected chi connectivity index (χ3v) is 3.84. The van der Waals surface area contributed by atoms with Crippen LogP contribution in [0.4, 0.5) is 0 Å². The third kappa shape index (κ3) is 3.32. The van der Waals surface area contributed by atoms with Gasteiger partial charge in [-0.2, -0.15) is 0 Å². The van der Waals surface area contributed by atoms with Crippen molar-refractivity contribution in [3.63, 3.8) is 0 Å². The minimum absolute atomic E-state index is 0.0258. The number of halogens is 2. The van der Waals surface area contributed by atoms with Crippen LogP contribution in [0.3, 0.4) is 0 Å². The van der Waals surface area contributed by atoms with Crippen LogP contribution in [0.1, 0.15) is 10.4 Å². The van der Waals surface area contributed by atoms with Crippen LogP contribution in [0.15, 0.2) is 53.0 Å². The van der Waals surface area contributed by atoms with E-state index in [9.17, 15) is 4.79 Å². The number of ether oxygens (including phenoxy) is 1. The highest BCUT2D eigenvalue weighted by molar-refractivity contribution is 14.1. The molecule has 0 aromatic heterocycles. The number of hydrogen-bond donors (Lipinski definition) is 0. The summed E-state index contributed by atoms with van der Waals surface area (Å²) in [5.74, 6) is 0.685. The molecule has 0 aliphatic carbocycles. The van der Waals surface area contributed by atoms with Crippen molar-refractivity contribution < 1.29 is 9.53 Å². The van der Waals surface area contributed by atoms with E-state index in [0.29, 0.717) is 11.3 Å². The summed E-state index contributed by atoms with van der Waals surface area (Å²) in [4.78, 5) is 11.9. The predicted molar refractivity (Wildman–Crippen MR) is 83.1 cm³/mol. The molecule has 0 saturated heterocycles. The predicted octanol–water partition coefficient (Wildman–Crippen LogP) is 4.32. The summed E-state index contributed by atoms with van der Waals surface area (Å²) in [6.45, 7) is 0.0443. The van der Waals surface area contributed by atoms with E-state index >= 15 is 0 Å². The van der Waals surface area contributed by atoms with Gasteiger partial charge >= 0.3 is 0 Å². The van der Waals surface area contributed by atoms with E-state index in [0.717, 1.165) is 8.04 Å². The Morgan fingerprint density at radius 3 is 2.50 bits per heavy atom. The molecule has 18 heavy (non-hydrogen) atoms. The lowest BCUT2D eigenvalue weighted by atomic mass is 10.1. The fourth-order valence-electron chi connectivity index (χ4n) is 1.47. The largest absolute Gasteiger partial charge is 0.483 e. The molecule has 0 saturated carbocycles. The van der Waals surface area contributed by atoms with E-state index in [4.69, 9.17) is 4.74 Å². The van der Waals surface area contributed by atoms with Gasteiger partial charge in [-0.25, -0.2) is 0 Å². The molecule has 2 rings (SSSR count). The van der Waals surface area contributed by atoms with Crippen molar-refractivity contribution in [1.29, 1.82) is 0 Å². The molecule has 0 fully saturated rings. The second-order valence-electron chi connectivity index (χ2n) is 3.63. The van der Waals surface area contributed by atoms with Gasteiger partial charge in [0.15, 0.2) is 12.4 Å². The number of rotatable bonds is 4. The average Bonchev–Trinajstić information content (AvgIpc) is 2.39. The Balaban J connectivity index is 2.07. The molecule has 0 amide bonds. The number of para-hydroxylation sites is 1. The van der Waals surface area contributed by atoms with Crippen LogP contribution in [0.25, 0.3) is 0 Å². The Kier molecular flexibility index (Phi) is 4.77. The molecule has 0 aliphatic rings. The molecule has 0 heterocycles. The lowest BCUT2D eigenvalue weighted by Crippen LogP contribution is -2.12. The number of benzene rings is 2. The van der Waals surface area contributed by atoms with E-state index < -0.39 is 0 Å². The van der Waals surface area contributed by atoms with E-state index in [1.807, 2.05) is 36.4 Å². The summed E-state index contributed by atoms with van der Waals surface area (Å²) in [7, 11) is 0. The molecule has 0 N–H and O–H groups in total. The Labute approximate surface area is 128 Å². The molecule has 2 nitrogen and oxygen atoms in total. The smallest absolute Gasteiger partial charge is 0.200 e. The van der Waals surface area contributed by atoms with Crippen LogP contribution >= 0.6 is 38.5 Å². The highest BCUT2D eigenvalue weighted by Gasteiger charge is 2.10. The van der Waals surface area contributed by atoms with E-state index in [1.165, 1.54) is 0 Å². The second-order valence-corrected chi connectivity index (χ2v) is 5.65. The Hall–Kier alpha value is -0.880. The third-order valence-electron chi connectivity index (χ3n) is 2.36. The van der Waals surface area contributed by atoms with Gasteiger partial charge in [0.1, 0.15) is 5.75 Å². The second kappa shape index (κ2) is 6.33. The van der Waals surface area contributed by atoms with Crippen molar-refractivity contribution in [3.8, 4) is 5.75 Å². The maximum absolute atomic E-state index is 11.9. The molecule has 0 radical (unpaired) electrons. The number of carbonyl (C=O) groups excluding carboxylic acids is 1. The van der Waals surface area contributed by atoms with Gasteiger partial charge in [0.05, 0.1) is 8.04 Å². The molecule has 2 aromatic carbocycles. The fourth-order valence-corrected chi connectivity index (χ4v) is 2.97. The molecule has 92 valence electrons. The minimum Gasteiger partial charge on any atom is -0.483 e. The van der Waals surface area contributed by atoms with Gasteiger partial charge in [0.2, 0.25) is 0 Å². The van der Waals surface area contributed by atoms with E-state index in [2.05, 4.69) is 38.5 Å². The van der Waals surface area contributed by atoms with Crippen LogP contribution in [-0.4, -0.2) is 12.4 Å². The molecular weight excluding hydrogens is 407 g/mol. The molecule has 0 bridgehead atoms. The first-order chi connectivity index (χ1) is 8.68. The monoisotopic (exact) mass is 416 g/mol. The maximum Gasteiger partial charge on any atom is 0.200 e. The normalized spacial score (nSPS) is 10.1. The van der Waals surface area contributed by atoms with Gasteiger partial charge in [-0.05, 0) is 50.7 Å². The number of hydrogen-bond acceptors (Lipinski definition) is 2. The summed E-state index contributed by atoms with van der Waals surface area (Å²) in [5.41, 5.74) is 0.666. The number of ketones is 1. The Morgan fingerprint density at radius 2 is 1.83 bits per heavy atom. The van der Waals surface area contributed by atoms with Gasteiger partial charge in [0, 0.05) is 5.56 Å². The lowest BCUT2D eigenvalue weighted by molar-refractivity contribution is 0.0920. The molecule has 0 atom stereocenters. The van der Waals surface area contributed by atoms with Gasteiger partial charge in [-0.3, -0.25) is 4.79 Å². The van der Waals surface area contributed by atoms with Gasteiger partial charge in [0.25, 0.3) is 0 Å². The van der Waals surface area contributed by atoms with Gasteiger partial charge < -0.3 is 4.74 Å². The van der Waals surface area contributed by atoms with Crippen molar-refractivity contribution in [3.05, 3.63) is 62.1 Å². The first-order valence-electron chi connectivity index (χ1n) is 5.33. The lowest BCUT2D eigenvalue weighted by Gasteiger charge is -2.09. The molecule has 0 unspecified atom stereocenters. The summed E-state index contributed by atoms with van der Waals surface area (Å²) in [6, 6.07) is 14.9. The standard InChI is InChI=1S/C14H10BrIO2/c15-11-7-4-8-12(16)14(11)18-9-13(17)10-5-2-1-3-6-10/h1-8H,9H2. The van der Waals surface area contributed by atoms with Crippen LogP contribution < -0.4 is 4.74 Å². The van der Waals surface area contributed by atoms with Crippen molar-refractivity contribution in [2.75, 3.05) is 6.61 Å². The number of Topliss-reactive ketones (excluding diaryl/α,β-unsaturated/α-hetero) is 1. The summed E-state index contributed by atoms with van der Waals surface area (Å²) in [6.07, 6.45) is 0. The van der Waals surface area contributed by atoms with Crippen molar-refractivity contribution in [2.45, 2.75) is 0 Å². The summed E-state index contributed by atoms with van der Waals surface area (Å²) >= 11 is 5.59. The summed E-state index contributed by atoms with van der Waals surface area (Å²) < 4.78 is 7.41. The van der Waals surface area contributed by atoms with E-state index in [1.54, 1.807) is 12.1 Å². The minimum atomic E-state index is -0.0258. The molecule has 0 spiro atoms. The first-order valence-corrected chi connectivity index (χ1v) is 7.20. The number of carbonyl (C=O) groups is 1. The zero-order valence-electron chi connectivity index (χ0n) is 9.40. The summed E-state index contributed by atoms with van der Waals surface area (Å²) in [5, 5.41) is 0. The Morgan fingerprint density at radius 1 is 1.11 bits per heavy atom. The van der Waals surface area contributed by atoms with Crippen LogP contribution in [0, 0.1) is 3.57 Å². The Bertz CT molecular complexity index is 535. The van der Waals surface area contributed by atoms with Gasteiger partial charge in [-0.15, -0.1) is 0 Å². The highest BCUT2D eigenvalue weighted by Crippen LogP contribution is 2.30. The van der Waals surface area contributed by atoms with Crippen LogP contribution in [0.5, 0.6) is 5.75 Å². The molecule has 2 aromatic rings. The highest BCUT2D eigenvalue weighted by atomic mass is 127. The molecular formula is C14H10BrIO2. The van der Waals surface area contributed by atoms with Crippen molar-refractivity contribution in [2.24, 2.45) is 0 Å². The SMILES string of the molecule is O=C(COc1c(Br)cccc1I)c1ccccc1. The van der Waals surface area contributed by atoms with Crippen molar-refractivity contribution in [1.82, 2.24) is 0 Å². The maximum atomic E-state index is 11.9. The topological polar surface area (TPSA) is 26.3 Å². The van der Waals surface area contributed by atoms with Crippen molar-refractivity contribution >= 4 is 44.3 Å². The first kappa shape index (κ1) is 13.5. The molecule has 4 heteroatoms.